The fourth-order valence-electron chi connectivity index (χ4n) is 3.26. The normalized spacial score (nSPS) is 37.6. The summed E-state index contributed by atoms with van der Waals surface area (Å²) in [6.45, 7) is 9.09. The molecular weight excluding hydrogens is 318 g/mol. The lowest BCUT2D eigenvalue weighted by atomic mass is 9.91. The predicted molar refractivity (Wildman–Crippen MR) is 90.4 cm³/mol. The summed E-state index contributed by atoms with van der Waals surface area (Å²) in [7, 11) is 0. The van der Waals surface area contributed by atoms with Crippen molar-refractivity contribution in [2.75, 3.05) is 25.3 Å². The minimum atomic E-state index is -0.730. The van der Waals surface area contributed by atoms with E-state index in [9.17, 15) is 5.11 Å². The third-order valence-electron chi connectivity index (χ3n) is 4.37. The molecule has 0 aliphatic carbocycles. The molecule has 0 aromatic rings. The maximum atomic E-state index is 10.6. The summed E-state index contributed by atoms with van der Waals surface area (Å²) in [5, 5.41) is 13.8. The van der Waals surface area contributed by atoms with Crippen molar-refractivity contribution in [3.05, 3.63) is 0 Å². The van der Waals surface area contributed by atoms with Crippen LogP contribution in [0.15, 0.2) is 0 Å². The highest BCUT2D eigenvalue weighted by molar-refractivity contribution is 7.98. The number of nitrogens with one attached hydrogen (secondary N) is 1. The van der Waals surface area contributed by atoms with Crippen LogP contribution in [0.3, 0.4) is 0 Å². The molecule has 0 aromatic heterocycles. The number of hydrogen-bond acceptors (Lipinski definition) is 7. The number of fused-ring (bicyclic) bond motifs is 1. The van der Waals surface area contributed by atoms with Gasteiger partial charge in [0.15, 0.2) is 11.6 Å². The summed E-state index contributed by atoms with van der Waals surface area (Å²) in [4.78, 5) is 0. The van der Waals surface area contributed by atoms with Crippen LogP contribution in [0.4, 0.5) is 0 Å². The number of ether oxygens (including phenoxy) is 4. The van der Waals surface area contributed by atoms with Crippen molar-refractivity contribution >= 4 is 11.8 Å². The van der Waals surface area contributed by atoms with Gasteiger partial charge in [-0.25, -0.2) is 0 Å². The Kier molecular flexibility index (Phi) is 6.75. The highest BCUT2D eigenvalue weighted by atomic mass is 32.2. The van der Waals surface area contributed by atoms with Gasteiger partial charge in [0, 0.05) is 13.0 Å². The van der Waals surface area contributed by atoms with Crippen LogP contribution < -0.4 is 5.32 Å². The molecule has 5 atom stereocenters. The molecule has 2 aliphatic rings. The third kappa shape index (κ3) is 4.60. The van der Waals surface area contributed by atoms with E-state index >= 15 is 0 Å². The molecule has 2 N–H and O–H groups in total. The highest BCUT2D eigenvalue weighted by Crippen LogP contribution is 2.43. The van der Waals surface area contributed by atoms with E-state index in [1.165, 1.54) is 0 Å². The van der Waals surface area contributed by atoms with Crippen LogP contribution in [0.2, 0.25) is 0 Å². The Hall–Kier alpha value is 0.110. The van der Waals surface area contributed by atoms with Gasteiger partial charge in [0.2, 0.25) is 0 Å². The molecule has 23 heavy (non-hydrogen) atoms. The van der Waals surface area contributed by atoms with E-state index in [4.69, 9.17) is 18.9 Å². The van der Waals surface area contributed by atoms with E-state index in [1.807, 2.05) is 34.0 Å². The van der Waals surface area contributed by atoms with E-state index in [0.29, 0.717) is 25.3 Å². The maximum absolute atomic E-state index is 10.6. The lowest BCUT2D eigenvalue weighted by molar-refractivity contribution is -0.313. The molecular formula is C16H31NO5S. The number of hydrogen-bond donors (Lipinski definition) is 2. The van der Waals surface area contributed by atoms with Gasteiger partial charge < -0.3 is 29.4 Å². The predicted octanol–water partition coefficient (Wildman–Crippen LogP) is 1.71. The second-order valence-corrected chi connectivity index (χ2v) is 7.43. The van der Waals surface area contributed by atoms with Crippen LogP contribution in [0.1, 0.15) is 40.5 Å². The first-order valence-corrected chi connectivity index (χ1v) is 9.81. The first kappa shape index (κ1) is 19.4. The monoisotopic (exact) mass is 349 g/mol. The standard InChI is InChI=1S/C16H31NO5S/c1-6-16(19-10-23-5)8-12-14(21-15(3,4)20-12)13(22-16)11(18)9-17-7-2/h11-14,17-18H,6-10H2,1-5H3/t11-,12-,13-,14-,16?/m1/s1. The van der Waals surface area contributed by atoms with Crippen LogP contribution in [-0.2, 0) is 18.9 Å². The molecule has 2 heterocycles. The molecule has 2 saturated heterocycles. The van der Waals surface area contributed by atoms with Crippen molar-refractivity contribution in [1.82, 2.24) is 5.32 Å². The van der Waals surface area contributed by atoms with Crippen molar-refractivity contribution < 1.29 is 24.1 Å². The number of likely N-dealkylation sites (N-methyl/N-ethyl adjacent to an activating group) is 1. The van der Waals surface area contributed by atoms with Crippen molar-refractivity contribution in [3.8, 4) is 0 Å². The Bertz CT molecular complexity index is 383. The molecule has 2 fully saturated rings. The number of aliphatic hydroxyl groups is 1. The van der Waals surface area contributed by atoms with Crippen molar-refractivity contribution in [1.29, 1.82) is 0 Å². The minimum Gasteiger partial charge on any atom is -0.389 e. The van der Waals surface area contributed by atoms with E-state index in [-0.39, 0.29) is 12.2 Å². The summed E-state index contributed by atoms with van der Waals surface area (Å²) >= 11 is 1.61. The summed E-state index contributed by atoms with van der Waals surface area (Å²) in [6, 6.07) is 0. The Labute approximate surface area is 143 Å². The third-order valence-corrected chi connectivity index (χ3v) is 4.72. The number of aliphatic hydroxyl groups excluding tert-OH is 1. The fraction of sp³-hybridized carbons (Fsp3) is 1.00. The van der Waals surface area contributed by atoms with Gasteiger partial charge in [-0.2, -0.15) is 0 Å². The summed E-state index contributed by atoms with van der Waals surface area (Å²) in [6.07, 6.45) is 1.73. The lowest BCUT2D eigenvalue weighted by Gasteiger charge is -2.45. The molecule has 0 saturated carbocycles. The molecule has 7 heteroatoms. The molecule has 0 radical (unpaired) electrons. The van der Waals surface area contributed by atoms with Crippen molar-refractivity contribution in [2.45, 2.75) is 76.5 Å². The Morgan fingerprint density at radius 1 is 1.30 bits per heavy atom. The van der Waals surface area contributed by atoms with Gasteiger partial charge in [0.1, 0.15) is 12.2 Å². The summed E-state index contributed by atoms with van der Waals surface area (Å²) in [5.74, 6) is -0.852. The Morgan fingerprint density at radius 2 is 2.04 bits per heavy atom. The fourth-order valence-corrected chi connectivity index (χ4v) is 3.60. The molecule has 0 amide bonds. The highest BCUT2D eigenvalue weighted by Gasteiger charge is 2.56. The molecule has 2 aliphatic heterocycles. The van der Waals surface area contributed by atoms with E-state index < -0.39 is 23.8 Å². The number of thioether (sulfide) groups is 1. The first-order valence-electron chi connectivity index (χ1n) is 8.41. The van der Waals surface area contributed by atoms with E-state index in [1.54, 1.807) is 11.8 Å². The van der Waals surface area contributed by atoms with E-state index in [2.05, 4.69) is 5.32 Å². The molecule has 1 unspecified atom stereocenters. The van der Waals surface area contributed by atoms with Crippen molar-refractivity contribution in [3.63, 3.8) is 0 Å². The molecule has 0 bridgehead atoms. The molecule has 2 rings (SSSR count). The van der Waals surface area contributed by atoms with Gasteiger partial charge in [0.05, 0.1) is 18.1 Å². The quantitative estimate of drug-likeness (QED) is 0.647. The molecule has 136 valence electrons. The lowest BCUT2D eigenvalue weighted by Crippen LogP contribution is -2.59. The second kappa shape index (κ2) is 7.99. The zero-order valence-electron chi connectivity index (χ0n) is 14.8. The summed E-state index contributed by atoms with van der Waals surface area (Å²) < 4.78 is 24.3. The molecule has 0 spiro atoms. The average Bonchev–Trinajstić information content (AvgIpc) is 2.83. The Balaban J connectivity index is 2.18. The van der Waals surface area contributed by atoms with Gasteiger partial charge in [-0.05, 0) is 33.1 Å². The topological polar surface area (TPSA) is 69.2 Å². The van der Waals surface area contributed by atoms with Gasteiger partial charge in [0.25, 0.3) is 0 Å². The van der Waals surface area contributed by atoms with Crippen LogP contribution in [-0.4, -0.2) is 66.4 Å². The van der Waals surface area contributed by atoms with Crippen LogP contribution in [0.25, 0.3) is 0 Å². The first-order chi connectivity index (χ1) is 10.9. The zero-order chi connectivity index (χ0) is 17.1. The molecule has 0 aromatic carbocycles. The summed E-state index contributed by atoms with van der Waals surface area (Å²) in [5.41, 5.74) is 0. The van der Waals surface area contributed by atoms with Crippen molar-refractivity contribution in [2.24, 2.45) is 0 Å². The Morgan fingerprint density at radius 3 is 2.65 bits per heavy atom. The van der Waals surface area contributed by atoms with Gasteiger partial charge in [-0.15, -0.1) is 11.8 Å². The second-order valence-electron chi connectivity index (χ2n) is 6.62. The average molecular weight is 349 g/mol. The van der Waals surface area contributed by atoms with Gasteiger partial charge in [-0.3, -0.25) is 0 Å². The van der Waals surface area contributed by atoms with Gasteiger partial charge in [-0.1, -0.05) is 13.8 Å². The number of rotatable bonds is 8. The van der Waals surface area contributed by atoms with Crippen LogP contribution >= 0.6 is 11.8 Å². The van der Waals surface area contributed by atoms with E-state index in [0.717, 1.165) is 6.54 Å². The SMILES string of the molecule is CCNC[C@@H](O)[C@H]1OC(CC)(OCSC)C[C@H]2OC(C)(C)O[C@@H]12. The van der Waals surface area contributed by atoms with Crippen LogP contribution in [0, 0.1) is 0 Å². The molecule has 6 nitrogen and oxygen atoms in total. The largest absolute Gasteiger partial charge is 0.389 e. The maximum Gasteiger partial charge on any atom is 0.172 e. The van der Waals surface area contributed by atoms with Crippen LogP contribution in [0.5, 0.6) is 0 Å². The minimum absolute atomic E-state index is 0.137. The van der Waals surface area contributed by atoms with Gasteiger partial charge >= 0.3 is 0 Å². The smallest absolute Gasteiger partial charge is 0.172 e. The zero-order valence-corrected chi connectivity index (χ0v) is 15.6.